The van der Waals surface area contributed by atoms with Crippen molar-refractivity contribution in [2.24, 2.45) is 0 Å². The van der Waals surface area contributed by atoms with Crippen molar-refractivity contribution in [3.05, 3.63) is 29.3 Å². The van der Waals surface area contributed by atoms with Crippen LogP contribution in [0.15, 0.2) is 18.2 Å². The van der Waals surface area contributed by atoms with Crippen molar-refractivity contribution in [2.45, 2.75) is 32.6 Å². The molecule has 110 valence electrons. The molecule has 5 heteroatoms. The Bertz CT molecular complexity index is 471. The summed E-state index contributed by atoms with van der Waals surface area (Å²) in [7, 11) is 1.38. The van der Waals surface area contributed by atoms with E-state index in [1.54, 1.807) is 19.1 Å². The van der Waals surface area contributed by atoms with E-state index in [0.717, 1.165) is 19.3 Å². The van der Waals surface area contributed by atoms with Gasteiger partial charge in [0.05, 0.1) is 7.11 Å². The molecule has 0 aromatic heterocycles. The molecule has 0 aliphatic carbocycles. The molecular formula is C15H21NO4. The first-order chi connectivity index (χ1) is 9.54. The zero-order valence-corrected chi connectivity index (χ0v) is 11.9. The van der Waals surface area contributed by atoms with Crippen molar-refractivity contribution >= 4 is 11.9 Å². The fourth-order valence-corrected chi connectivity index (χ4v) is 1.77. The van der Waals surface area contributed by atoms with Crippen LogP contribution in [0.4, 0.5) is 0 Å². The second-order valence-corrected chi connectivity index (χ2v) is 4.64. The Labute approximate surface area is 118 Å². The van der Waals surface area contributed by atoms with Gasteiger partial charge in [-0.15, -0.1) is 0 Å². The van der Waals surface area contributed by atoms with Gasteiger partial charge >= 0.3 is 5.97 Å². The number of hydrogen-bond acceptors (Lipinski definition) is 4. The van der Waals surface area contributed by atoms with E-state index >= 15 is 0 Å². The van der Waals surface area contributed by atoms with E-state index in [1.807, 2.05) is 0 Å². The highest BCUT2D eigenvalue weighted by Gasteiger charge is 2.06. The van der Waals surface area contributed by atoms with Crippen molar-refractivity contribution in [1.82, 2.24) is 5.32 Å². The maximum atomic E-state index is 11.8. The first-order valence-electron chi connectivity index (χ1n) is 6.69. The van der Waals surface area contributed by atoms with Crippen molar-refractivity contribution in [3.63, 3.8) is 0 Å². The number of phenolic OH excluding ortho intramolecular Hbond substituents is 1. The Balaban J connectivity index is 2.23. The number of benzene rings is 1. The quantitative estimate of drug-likeness (QED) is 0.592. The summed E-state index contributed by atoms with van der Waals surface area (Å²) in [5, 5.41) is 12.2. The molecule has 0 saturated carbocycles. The van der Waals surface area contributed by atoms with Gasteiger partial charge in [-0.2, -0.15) is 0 Å². The summed E-state index contributed by atoms with van der Waals surface area (Å²) in [6.45, 7) is 2.32. The highest BCUT2D eigenvalue weighted by Crippen LogP contribution is 2.16. The van der Waals surface area contributed by atoms with Crippen molar-refractivity contribution in [2.75, 3.05) is 13.7 Å². The second-order valence-electron chi connectivity index (χ2n) is 4.64. The molecule has 0 atom stereocenters. The number of ether oxygens (including phenoxy) is 1. The lowest BCUT2D eigenvalue weighted by Crippen LogP contribution is -2.24. The summed E-state index contributed by atoms with van der Waals surface area (Å²) in [5.74, 6) is -0.168. The van der Waals surface area contributed by atoms with Crippen LogP contribution in [-0.2, 0) is 9.53 Å². The molecule has 1 rings (SSSR count). The Hall–Kier alpha value is -2.04. The SMILES string of the molecule is COC(=O)CCCCCNC(=O)c1ccc(O)c(C)c1. The maximum absolute atomic E-state index is 11.8. The van der Waals surface area contributed by atoms with Gasteiger partial charge in [0.1, 0.15) is 5.75 Å². The fourth-order valence-electron chi connectivity index (χ4n) is 1.77. The summed E-state index contributed by atoms with van der Waals surface area (Å²) in [4.78, 5) is 22.7. The maximum Gasteiger partial charge on any atom is 0.305 e. The first-order valence-corrected chi connectivity index (χ1v) is 6.69. The number of aryl methyl sites for hydroxylation is 1. The molecule has 20 heavy (non-hydrogen) atoms. The average Bonchev–Trinajstić information content (AvgIpc) is 2.44. The third kappa shape index (κ3) is 5.30. The lowest BCUT2D eigenvalue weighted by atomic mass is 10.1. The molecular weight excluding hydrogens is 258 g/mol. The van der Waals surface area contributed by atoms with E-state index < -0.39 is 0 Å². The molecule has 2 N–H and O–H groups in total. The monoisotopic (exact) mass is 279 g/mol. The number of unbranched alkanes of at least 4 members (excludes halogenated alkanes) is 2. The van der Waals surface area contributed by atoms with Gasteiger partial charge in [-0.1, -0.05) is 6.42 Å². The summed E-state index contributed by atoms with van der Waals surface area (Å²) < 4.78 is 4.54. The largest absolute Gasteiger partial charge is 0.508 e. The molecule has 0 spiro atoms. The summed E-state index contributed by atoms with van der Waals surface area (Å²) in [5.41, 5.74) is 1.21. The predicted molar refractivity (Wildman–Crippen MR) is 75.7 cm³/mol. The topological polar surface area (TPSA) is 75.6 Å². The zero-order valence-electron chi connectivity index (χ0n) is 11.9. The number of aromatic hydroxyl groups is 1. The lowest BCUT2D eigenvalue weighted by Gasteiger charge is -2.06. The van der Waals surface area contributed by atoms with Crippen LogP contribution in [0, 0.1) is 6.92 Å². The zero-order chi connectivity index (χ0) is 15.0. The minimum Gasteiger partial charge on any atom is -0.508 e. The molecule has 0 fully saturated rings. The van der Waals surface area contributed by atoms with Gasteiger partial charge in [-0.05, 0) is 43.5 Å². The van der Waals surface area contributed by atoms with Crippen molar-refractivity contribution in [3.8, 4) is 5.75 Å². The Kier molecular flexibility index (Phi) is 6.56. The second kappa shape index (κ2) is 8.19. The molecule has 1 aromatic rings. The average molecular weight is 279 g/mol. The smallest absolute Gasteiger partial charge is 0.305 e. The highest BCUT2D eigenvalue weighted by atomic mass is 16.5. The molecule has 0 aliphatic rings. The number of carbonyl (C=O) groups excluding carboxylic acids is 2. The van der Waals surface area contributed by atoms with Gasteiger partial charge in [0, 0.05) is 18.5 Å². The van der Waals surface area contributed by atoms with Crippen LogP contribution in [0.1, 0.15) is 41.6 Å². The van der Waals surface area contributed by atoms with Gasteiger partial charge < -0.3 is 15.2 Å². The minimum absolute atomic E-state index is 0.152. The van der Waals surface area contributed by atoms with Crippen LogP contribution >= 0.6 is 0 Å². The number of amides is 1. The van der Waals surface area contributed by atoms with Crippen LogP contribution in [0.3, 0.4) is 0 Å². The molecule has 0 saturated heterocycles. The molecule has 0 bridgehead atoms. The molecule has 0 unspecified atom stereocenters. The molecule has 1 amide bonds. The van der Waals surface area contributed by atoms with E-state index in [9.17, 15) is 14.7 Å². The molecule has 0 radical (unpaired) electrons. The van der Waals surface area contributed by atoms with Crippen LogP contribution in [0.5, 0.6) is 5.75 Å². The van der Waals surface area contributed by atoms with E-state index in [2.05, 4.69) is 10.1 Å². The number of nitrogens with one attached hydrogen (secondary N) is 1. The van der Waals surface area contributed by atoms with Gasteiger partial charge in [-0.3, -0.25) is 9.59 Å². The van der Waals surface area contributed by atoms with Gasteiger partial charge in [0.2, 0.25) is 0 Å². The number of esters is 1. The number of methoxy groups -OCH3 is 1. The standard InChI is InChI=1S/C15H21NO4/c1-11-10-12(7-8-13(11)17)15(19)16-9-5-3-4-6-14(18)20-2/h7-8,10,17H,3-6,9H2,1-2H3,(H,16,19). The molecule has 5 nitrogen and oxygen atoms in total. The van der Waals surface area contributed by atoms with E-state index in [1.165, 1.54) is 13.2 Å². The van der Waals surface area contributed by atoms with Crippen LogP contribution in [-0.4, -0.2) is 30.6 Å². The number of hydrogen-bond donors (Lipinski definition) is 2. The van der Waals surface area contributed by atoms with E-state index in [0.29, 0.717) is 24.1 Å². The third-order valence-electron chi connectivity index (χ3n) is 3.03. The number of phenols is 1. The van der Waals surface area contributed by atoms with Crippen LogP contribution in [0.25, 0.3) is 0 Å². The summed E-state index contributed by atoms with van der Waals surface area (Å²) in [6, 6.07) is 4.76. The Morgan fingerprint density at radius 3 is 2.65 bits per heavy atom. The number of carbonyl (C=O) groups is 2. The number of rotatable bonds is 7. The summed E-state index contributed by atoms with van der Waals surface area (Å²) in [6.07, 6.45) is 2.87. The fraction of sp³-hybridized carbons (Fsp3) is 0.467. The summed E-state index contributed by atoms with van der Waals surface area (Å²) >= 11 is 0. The van der Waals surface area contributed by atoms with Crippen molar-refractivity contribution in [1.29, 1.82) is 0 Å². The Morgan fingerprint density at radius 1 is 1.25 bits per heavy atom. The van der Waals surface area contributed by atoms with Gasteiger partial charge in [0.25, 0.3) is 5.91 Å². The predicted octanol–water partition coefficient (Wildman–Crippen LogP) is 2.16. The van der Waals surface area contributed by atoms with Crippen LogP contribution in [0.2, 0.25) is 0 Å². The Morgan fingerprint density at radius 2 is 2.00 bits per heavy atom. The van der Waals surface area contributed by atoms with E-state index in [4.69, 9.17) is 0 Å². The van der Waals surface area contributed by atoms with Crippen molar-refractivity contribution < 1.29 is 19.4 Å². The third-order valence-corrected chi connectivity index (χ3v) is 3.03. The van der Waals surface area contributed by atoms with Crippen LogP contribution < -0.4 is 5.32 Å². The molecule has 0 heterocycles. The van der Waals surface area contributed by atoms with Gasteiger partial charge in [0.15, 0.2) is 0 Å². The van der Waals surface area contributed by atoms with Gasteiger partial charge in [-0.25, -0.2) is 0 Å². The molecule has 0 aliphatic heterocycles. The van der Waals surface area contributed by atoms with E-state index in [-0.39, 0.29) is 17.6 Å². The minimum atomic E-state index is -0.200. The molecule has 1 aromatic carbocycles. The highest BCUT2D eigenvalue weighted by molar-refractivity contribution is 5.94. The normalized spacial score (nSPS) is 10.1. The first kappa shape index (κ1) is 16.0. The lowest BCUT2D eigenvalue weighted by molar-refractivity contribution is -0.140.